The van der Waals surface area contributed by atoms with Crippen molar-refractivity contribution >= 4 is 0 Å². The standard InChI is InChI=1S/2C6H13NO/c2*7-5-3-1-2-4-6(5)8/h2*5-6,8H,1-4,7H2/t2*5-,6+/m10/s1. The highest BCUT2D eigenvalue weighted by molar-refractivity contribution is 4.76. The van der Waals surface area contributed by atoms with Crippen molar-refractivity contribution in [1.82, 2.24) is 0 Å². The first-order valence-electron chi connectivity index (χ1n) is 6.48. The Hall–Kier alpha value is -0.160. The van der Waals surface area contributed by atoms with E-state index in [1.54, 1.807) is 0 Å². The molecule has 2 fully saturated rings. The van der Waals surface area contributed by atoms with Crippen LogP contribution in [0.4, 0.5) is 0 Å². The zero-order valence-corrected chi connectivity index (χ0v) is 10.0. The molecule has 0 saturated heterocycles. The number of hydrogen-bond acceptors (Lipinski definition) is 4. The molecule has 96 valence electrons. The third-order valence-electron chi connectivity index (χ3n) is 3.56. The van der Waals surface area contributed by atoms with E-state index in [0.29, 0.717) is 0 Å². The third-order valence-corrected chi connectivity index (χ3v) is 3.56. The lowest BCUT2D eigenvalue weighted by atomic mass is 9.94. The highest BCUT2D eigenvalue weighted by atomic mass is 16.3. The van der Waals surface area contributed by atoms with Gasteiger partial charge in [0.15, 0.2) is 0 Å². The second kappa shape index (κ2) is 7.22. The summed E-state index contributed by atoms with van der Waals surface area (Å²) in [5, 5.41) is 18.1. The van der Waals surface area contributed by atoms with Crippen LogP contribution in [0.2, 0.25) is 0 Å². The Morgan fingerprint density at radius 1 is 0.625 bits per heavy atom. The van der Waals surface area contributed by atoms with Gasteiger partial charge in [-0.2, -0.15) is 0 Å². The normalized spacial score (nSPS) is 39.8. The van der Waals surface area contributed by atoms with Crippen LogP contribution in [0.5, 0.6) is 0 Å². The molecule has 0 spiro atoms. The number of aliphatic hydroxyl groups excluding tert-OH is 2. The molecular formula is C12H26N2O2. The van der Waals surface area contributed by atoms with Crippen LogP contribution in [-0.4, -0.2) is 34.5 Å². The van der Waals surface area contributed by atoms with Crippen LogP contribution < -0.4 is 11.5 Å². The van der Waals surface area contributed by atoms with E-state index in [2.05, 4.69) is 0 Å². The van der Waals surface area contributed by atoms with Crippen molar-refractivity contribution < 1.29 is 10.2 Å². The molecule has 6 N–H and O–H groups in total. The molecule has 0 aromatic heterocycles. The van der Waals surface area contributed by atoms with Crippen LogP contribution in [0.3, 0.4) is 0 Å². The third kappa shape index (κ3) is 4.78. The molecule has 2 aliphatic rings. The minimum atomic E-state index is -0.219. The Bertz CT molecular complexity index is 150. The summed E-state index contributed by atoms with van der Waals surface area (Å²) < 4.78 is 0. The van der Waals surface area contributed by atoms with Gasteiger partial charge in [0.05, 0.1) is 12.2 Å². The quantitative estimate of drug-likeness (QED) is 0.487. The maximum atomic E-state index is 9.05. The van der Waals surface area contributed by atoms with Gasteiger partial charge in [0.1, 0.15) is 0 Å². The second-order valence-corrected chi connectivity index (χ2v) is 5.03. The van der Waals surface area contributed by atoms with Crippen molar-refractivity contribution in [2.45, 2.75) is 75.7 Å². The van der Waals surface area contributed by atoms with Gasteiger partial charge >= 0.3 is 0 Å². The lowest BCUT2D eigenvalue weighted by Gasteiger charge is -2.23. The molecule has 2 aliphatic carbocycles. The second-order valence-electron chi connectivity index (χ2n) is 5.03. The van der Waals surface area contributed by atoms with Crippen LogP contribution in [0.25, 0.3) is 0 Å². The highest BCUT2D eigenvalue weighted by Crippen LogP contribution is 2.16. The summed E-state index contributed by atoms with van der Waals surface area (Å²) in [6, 6.07) is 0.118. The molecule has 0 radical (unpaired) electrons. The van der Waals surface area contributed by atoms with E-state index in [9.17, 15) is 0 Å². The Kier molecular flexibility index (Phi) is 6.28. The molecule has 16 heavy (non-hydrogen) atoms. The van der Waals surface area contributed by atoms with Gasteiger partial charge in [-0.15, -0.1) is 0 Å². The van der Waals surface area contributed by atoms with Crippen LogP contribution in [0.1, 0.15) is 51.4 Å². The molecule has 4 atom stereocenters. The molecule has 0 aromatic carbocycles. The van der Waals surface area contributed by atoms with Gasteiger partial charge in [-0.05, 0) is 25.7 Å². The predicted octanol–water partition coefficient (Wildman–Crippen LogP) is 0.497. The summed E-state index contributed by atoms with van der Waals surface area (Å²) in [6.45, 7) is 0. The average molecular weight is 230 g/mol. The SMILES string of the molecule is N[C@@H]1CCCC[C@@H]1O.N[C@H]1CCCC[C@H]1O. The van der Waals surface area contributed by atoms with E-state index in [-0.39, 0.29) is 24.3 Å². The monoisotopic (exact) mass is 230 g/mol. The van der Waals surface area contributed by atoms with Crippen molar-refractivity contribution in [3.63, 3.8) is 0 Å². The molecular weight excluding hydrogens is 204 g/mol. The fourth-order valence-corrected chi connectivity index (χ4v) is 2.28. The summed E-state index contributed by atoms with van der Waals surface area (Å²) in [4.78, 5) is 0. The Labute approximate surface area is 98.0 Å². The van der Waals surface area contributed by atoms with Crippen LogP contribution >= 0.6 is 0 Å². The minimum Gasteiger partial charge on any atom is -0.392 e. The number of aliphatic hydroxyl groups is 2. The highest BCUT2D eigenvalue weighted by Gasteiger charge is 2.18. The maximum Gasteiger partial charge on any atom is 0.0691 e. The van der Waals surface area contributed by atoms with E-state index in [4.69, 9.17) is 21.7 Å². The van der Waals surface area contributed by atoms with E-state index in [0.717, 1.165) is 38.5 Å². The molecule has 0 bridgehead atoms. The fraction of sp³-hybridized carbons (Fsp3) is 1.00. The number of nitrogens with two attached hydrogens (primary N) is 2. The first-order chi connectivity index (χ1) is 7.61. The van der Waals surface area contributed by atoms with Gasteiger partial charge in [-0.3, -0.25) is 0 Å². The molecule has 0 amide bonds. The molecule has 0 unspecified atom stereocenters. The largest absolute Gasteiger partial charge is 0.392 e. The van der Waals surface area contributed by atoms with E-state index in [1.807, 2.05) is 0 Å². The molecule has 2 rings (SSSR count). The molecule has 2 saturated carbocycles. The lowest BCUT2D eigenvalue weighted by molar-refractivity contribution is 0.108. The molecule has 0 aliphatic heterocycles. The summed E-state index contributed by atoms with van der Waals surface area (Å²) in [5.41, 5.74) is 11.1. The van der Waals surface area contributed by atoms with Crippen molar-refractivity contribution in [2.24, 2.45) is 11.5 Å². The molecule has 4 heteroatoms. The Morgan fingerprint density at radius 2 is 0.938 bits per heavy atom. The predicted molar refractivity (Wildman–Crippen MR) is 64.9 cm³/mol. The molecule has 0 heterocycles. The number of rotatable bonds is 0. The Morgan fingerprint density at radius 3 is 1.12 bits per heavy atom. The topological polar surface area (TPSA) is 92.5 Å². The van der Waals surface area contributed by atoms with E-state index < -0.39 is 0 Å². The van der Waals surface area contributed by atoms with Crippen molar-refractivity contribution in [2.75, 3.05) is 0 Å². The molecule has 4 nitrogen and oxygen atoms in total. The van der Waals surface area contributed by atoms with Gasteiger partial charge in [-0.1, -0.05) is 25.7 Å². The van der Waals surface area contributed by atoms with E-state index >= 15 is 0 Å². The van der Waals surface area contributed by atoms with Gasteiger partial charge in [0.2, 0.25) is 0 Å². The summed E-state index contributed by atoms with van der Waals surface area (Å²) in [5.74, 6) is 0. The van der Waals surface area contributed by atoms with Gasteiger partial charge < -0.3 is 21.7 Å². The minimum absolute atomic E-state index is 0.0590. The van der Waals surface area contributed by atoms with Gasteiger partial charge in [0, 0.05) is 12.1 Å². The fourth-order valence-electron chi connectivity index (χ4n) is 2.28. The average Bonchev–Trinajstić information content (AvgIpc) is 2.28. The van der Waals surface area contributed by atoms with Crippen LogP contribution in [0, 0.1) is 0 Å². The van der Waals surface area contributed by atoms with Crippen LogP contribution in [-0.2, 0) is 0 Å². The van der Waals surface area contributed by atoms with Gasteiger partial charge in [-0.25, -0.2) is 0 Å². The van der Waals surface area contributed by atoms with Crippen molar-refractivity contribution in [1.29, 1.82) is 0 Å². The first kappa shape index (κ1) is 13.9. The smallest absolute Gasteiger partial charge is 0.0691 e. The van der Waals surface area contributed by atoms with Crippen LogP contribution in [0.15, 0.2) is 0 Å². The zero-order valence-electron chi connectivity index (χ0n) is 10.0. The maximum absolute atomic E-state index is 9.05. The first-order valence-corrected chi connectivity index (χ1v) is 6.48. The summed E-state index contributed by atoms with van der Waals surface area (Å²) in [6.07, 6.45) is 8.05. The lowest BCUT2D eigenvalue weighted by Crippen LogP contribution is -2.37. The van der Waals surface area contributed by atoms with E-state index in [1.165, 1.54) is 12.8 Å². The Balaban J connectivity index is 0.000000160. The zero-order chi connectivity index (χ0) is 12.0. The number of hydrogen-bond donors (Lipinski definition) is 4. The summed E-state index contributed by atoms with van der Waals surface area (Å²) >= 11 is 0. The van der Waals surface area contributed by atoms with Crippen molar-refractivity contribution in [3.05, 3.63) is 0 Å². The van der Waals surface area contributed by atoms with Gasteiger partial charge in [0.25, 0.3) is 0 Å². The molecule has 0 aromatic rings. The van der Waals surface area contributed by atoms with Crippen molar-refractivity contribution in [3.8, 4) is 0 Å². The summed E-state index contributed by atoms with van der Waals surface area (Å²) in [7, 11) is 0.